The van der Waals surface area contributed by atoms with Gasteiger partial charge in [-0.1, -0.05) is 29.8 Å². The standard InChI is InChI=1S/C30H26ClNO6S/c1-3-36-30(35)28-20(25-5-4-10-39-25)13-22-27(29(28)34)19(17-7-9-23-24(11-17)38-15-37-23)14-26(33)32(22)18-8-6-16(2)21(31)12-18/h4-12,19-20,28H,3,13-15H2,1-2H3/t19-,20-,28+/m0/s1. The van der Waals surface area contributed by atoms with Crippen molar-refractivity contribution in [3.8, 4) is 11.5 Å². The van der Waals surface area contributed by atoms with Gasteiger partial charge in [0, 0.05) is 39.4 Å². The van der Waals surface area contributed by atoms with E-state index in [1.807, 2.05) is 48.7 Å². The predicted molar refractivity (Wildman–Crippen MR) is 147 cm³/mol. The van der Waals surface area contributed by atoms with Crippen molar-refractivity contribution in [2.75, 3.05) is 18.3 Å². The van der Waals surface area contributed by atoms with E-state index in [2.05, 4.69) is 0 Å². The lowest BCUT2D eigenvalue weighted by Crippen LogP contribution is -2.46. The van der Waals surface area contributed by atoms with E-state index in [9.17, 15) is 14.4 Å². The Kier molecular flexibility index (Phi) is 6.69. The number of anilines is 1. The fourth-order valence-corrected chi connectivity index (χ4v) is 6.78. The molecule has 0 fully saturated rings. The smallest absolute Gasteiger partial charge is 0.317 e. The van der Waals surface area contributed by atoms with Crippen LogP contribution in [0.25, 0.3) is 0 Å². The molecule has 3 heterocycles. The number of ketones is 1. The summed E-state index contributed by atoms with van der Waals surface area (Å²) in [7, 11) is 0. The number of amides is 1. The first-order valence-electron chi connectivity index (χ1n) is 12.8. The monoisotopic (exact) mass is 563 g/mol. The van der Waals surface area contributed by atoms with Crippen LogP contribution < -0.4 is 14.4 Å². The molecule has 39 heavy (non-hydrogen) atoms. The maximum atomic E-state index is 14.4. The van der Waals surface area contributed by atoms with Gasteiger partial charge in [0.25, 0.3) is 0 Å². The van der Waals surface area contributed by atoms with Crippen LogP contribution in [-0.4, -0.2) is 31.1 Å². The highest BCUT2D eigenvalue weighted by Gasteiger charge is 2.50. The molecule has 2 aromatic carbocycles. The van der Waals surface area contributed by atoms with Gasteiger partial charge in [-0.05, 0) is 67.1 Å². The molecule has 1 aromatic heterocycles. The van der Waals surface area contributed by atoms with Crippen molar-refractivity contribution in [1.29, 1.82) is 0 Å². The lowest BCUT2D eigenvalue weighted by molar-refractivity contribution is -0.152. The number of carbonyl (C=O) groups excluding carboxylic acids is 3. The minimum absolute atomic E-state index is 0.0505. The van der Waals surface area contributed by atoms with Crippen molar-refractivity contribution in [3.05, 3.63) is 86.2 Å². The second-order valence-corrected chi connectivity index (χ2v) is 11.2. The van der Waals surface area contributed by atoms with Crippen LogP contribution >= 0.6 is 22.9 Å². The van der Waals surface area contributed by atoms with Crippen LogP contribution in [0.1, 0.15) is 47.6 Å². The molecule has 1 amide bonds. The van der Waals surface area contributed by atoms with Gasteiger partial charge in [0.1, 0.15) is 5.92 Å². The molecule has 0 bridgehead atoms. The maximum absolute atomic E-state index is 14.4. The van der Waals surface area contributed by atoms with Crippen molar-refractivity contribution in [2.24, 2.45) is 5.92 Å². The largest absolute Gasteiger partial charge is 0.465 e. The van der Waals surface area contributed by atoms with E-state index in [0.717, 1.165) is 16.0 Å². The summed E-state index contributed by atoms with van der Waals surface area (Å²) in [5, 5.41) is 2.45. The highest BCUT2D eigenvalue weighted by molar-refractivity contribution is 7.10. The quantitative estimate of drug-likeness (QED) is 0.273. The number of benzene rings is 2. The van der Waals surface area contributed by atoms with E-state index >= 15 is 0 Å². The van der Waals surface area contributed by atoms with E-state index in [-0.39, 0.29) is 31.5 Å². The second-order valence-electron chi connectivity index (χ2n) is 9.81. The van der Waals surface area contributed by atoms with Crippen LogP contribution in [0.15, 0.2) is 65.2 Å². The third kappa shape index (κ3) is 4.41. The Balaban J connectivity index is 1.55. The third-order valence-electron chi connectivity index (χ3n) is 7.58. The Morgan fingerprint density at radius 3 is 2.67 bits per heavy atom. The molecule has 6 rings (SSSR count). The lowest BCUT2D eigenvalue weighted by atomic mass is 9.69. The predicted octanol–water partition coefficient (Wildman–Crippen LogP) is 6.15. The highest BCUT2D eigenvalue weighted by atomic mass is 35.5. The summed E-state index contributed by atoms with van der Waals surface area (Å²) in [6.45, 7) is 3.91. The summed E-state index contributed by atoms with van der Waals surface area (Å²) in [5.41, 5.74) is 3.29. The van der Waals surface area contributed by atoms with Gasteiger partial charge < -0.3 is 14.2 Å². The lowest BCUT2D eigenvalue weighted by Gasteiger charge is -2.42. The van der Waals surface area contributed by atoms with Gasteiger partial charge in [-0.15, -0.1) is 11.3 Å². The van der Waals surface area contributed by atoms with Crippen LogP contribution in [0, 0.1) is 12.8 Å². The number of halogens is 1. The number of esters is 1. The topological polar surface area (TPSA) is 82.1 Å². The number of thiophene rings is 1. The molecule has 3 aromatic rings. The van der Waals surface area contributed by atoms with Gasteiger partial charge in [0.15, 0.2) is 17.3 Å². The van der Waals surface area contributed by atoms with E-state index in [1.54, 1.807) is 24.0 Å². The van der Waals surface area contributed by atoms with Crippen molar-refractivity contribution in [1.82, 2.24) is 0 Å². The van der Waals surface area contributed by atoms with Crippen molar-refractivity contribution in [3.63, 3.8) is 0 Å². The minimum atomic E-state index is -1.00. The first kappa shape index (κ1) is 25.6. The summed E-state index contributed by atoms with van der Waals surface area (Å²) in [6, 6.07) is 14.7. The van der Waals surface area contributed by atoms with E-state index < -0.39 is 23.7 Å². The molecule has 1 aliphatic carbocycles. The molecular formula is C30H26ClNO6S. The number of allylic oxidation sites excluding steroid dienone is 2. The minimum Gasteiger partial charge on any atom is -0.465 e. The maximum Gasteiger partial charge on any atom is 0.317 e. The molecule has 3 aliphatic rings. The van der Waals surface area contributed by atoms with Crippen LogP contribution in [-0.2, 0) is 19.1 Å². The van der Waals surface area contributed by atoms with Crippen LogP contribution in [0.4, 0.5) is 5.69 Å². The number of fused-ring (bicyclic) bond motifs is 1. The van der Waals surface area contributed by atoms with Crippen LogP contribution in [0.2, 0.25) is 5.02 Å². The van der Waals surface area contributed by atoms with Crippen molar-refractivity contribution < 1.29 is 28.6 Å². The molecule has 0 N–H and O–H groups in total. The number of rotatable bonds is 5. The van der Waals surface area contributed by atoms with E-state index in [0.29, 0.717) is 39.9 Å². The Morgan fingerprint density at radius 1 is 1.10 bits per heavy atom. The molecule has 0 spiro atoms. The number of ether oxygens (including phenoxy) is 3. The number of hydrogen-bond acceptors (Lipinski definition) is 7. The van der Waals surface area contributed by atoms with Crippen molar-refractivity contribution >= 4 is 46.3 Å². The molecule has 7 nitrogen and oxygen atoms in total. The molecule has 9 heteroatoms. The fraction of sp³-hybridized carbons (Fsp3) is 0.300. The van der Waals surface area contributed by atoms with E-state index in [4.69, 9.17) is 25.8 Å². The zero-order valence-electron chi connectivity index (χ0n) is 21.4. The SMILES string of the molecule is CCOC(=O)[C@H]1C(=O)C2=C(C[C@H]1c1cccs1)N(c1ccc(C)c(Cl)c1)C(=O)C[C@H]2c1ccc2c(c1)OCO2. The van der Waals surface area contributed by atoms with Gasteiger partial charge in [-0.2, -0.15) is 0 Å². The second kappa shape index (κ2) is 10.2. The molecule has 3 atom stereocenters. The molecule has 0 radical (unpaired) electrons. The van der Waals surface area contributed by atoms with Gasteiger partial charge >= 0.3 is 5.97 Å². The van der Waals surface area contributed by atoms with Crippen molar-refractivity contribution in [2.45, 2.75) is 38.5 Å². The molecule has 0 saturated carbocycles. The first-order chi connectivity index (χ1) is 18.9. The molecular weight excluding hydrogens is 538 g/mol. The highest BCUT2D eigenvalue weighted by Crippen LogP contribution is 2.51. The summed E-state index contributed by atoms with van der Waals surface area (Å²) in [6.07, 6.45) is 0.373. The number of Topliss-reactive ketones (excluding diaryl/α,β-unsaturated/α-hetero) is 1. The van der Waals surface area contributed by atoms with Gasteiger partial charge in [-0.25, -0.2) is 0 Å². The fourth-order valence-electron chi connectivity index (χ4n) is 5.74. The van der Waals surface area contributed by atoms with Crippen LogP contribution in [0.5, 0.6) is 11.5 Å². The Labute approximate surface area is 234 Å². The summed E-state index contributed by atoms with van der Waals surface area (Å²) < 4.78 is 16.5. The summed E-state index contributed by atoms with van der Waals surface area (Å²) >= 11 is 7.95. The average Bonchev–Trinajstić information content (AvgIpc) is 3.62. The zero-order valence-corrected chi connectivity index (χ0v) is 23.0. The number of hydrogen-bond donors (Lipinski definition) is 0. The summed E-state index contributed by atoms with van der Waals surface area (Å²) in [5.74, 6) is -1.83. The average molecular weight is 564 g/mol. The van der Waals surface area contributed by atoms with Gasteiger partial charge in [0.05, 0.1) is 12.3 Å². The number of nitrogens with zero attached hydrogens (tertiary/aromatic N) is 1. The third-order valence-corrected chi connectivity index (χ3v) is 8.99. The number of carbonyl (C=O) groups is 3. The first-order valence-corrected chi connectivity index (χ1v) is 14.1. The molecule has 200 valence electrons. The van der Waals surface area contributed by atoms with E-state index in [1.165, 1.54) is 11.3 Å². The Bertz CT molecular complexity index is 1510. The van der Waals surface area contributed by atoms with Crippen LogP contribution in [0.3, 0.4) is 0 Å². The summed E-state index contributed by atoms with van der Waals surface area (Å²) in [4.78, 5) is 44.1. The molecule has 0 saturated heterocycles. The zero-order chi connectivity index (χ0) is 27.3. The van der Waals surface area contributed by atoms with Gasteiger partial charge in [0.2, 0.25) is 12.7 Å². The molecule has 2 aliphatic heterocycles. The Hall–Kier alpha value is -3.62. The number of aryl methyl sites for hydroxylation is 1. The Morgan fingerprint density at radius 2 is 1.92 bits per heavy atom. The normalized spacial score (nSPS) is 22.2. The molecule has 0 unspecified atom stereocenters. The van der Waals surface area contributed by atoms with Gasteiger partial charge in [-0.3, -0.25) is 19.3 Å².